The number of nitrogen functional groups attached to an aromatic ring is 1. The lowest BCUT2D eigenvalue weighted by atomic mass is 10.1. The molecule has 0 bridgehead atoms. The predicted octanol–water partition coefficient (Wildman–Crippen LogP) is 3.12. The number of methoxy groups -OCH3 is 1. The molecule has 0 aliphatic rings. The minimum Gasteiger partial charge on any atom is -0.497 e. The van der Waals surface area contributed by atoms with Crippen molar-refractivity contribution < 1.29 is 9.47 Å². The molecule has 0 aliphatic heterocycles. The lowest BCUT2D eigenvalue weighted by Crippen LogP contribution is -2.05. The number of pyridine rings is 1. The topological polar surface area (TPSA) is 69.4 Å². The number of hydrogen-bond acceptors (Lipinski definition) is 5. The molecular weight excluding hydrogens is 302 g/mol. The minimum atomic E-state index is 0.457. The van der Waals surface area contributed by atoms with Gasteiger partial charge in [0.2, 0.25) is 0 Å². The van der Waals surface area contributed by atoms with Gasteiger partial charge in [0, 0.05) is 18.0 Å². The molecule has 0 saturated heterocycles. The van der Waals surface area contributed by atoms with Gasteiger partial charge in [-0.25, -0.2) is 4.98 Å². The number of nitrogens with zero attached hydrogens (tertiary/aromatic N) is 1. The summed E-state index contributed by atoms with van der Waals surface area (Å²) in [5.41, 5.74) is 8.78. The summed E-state index contributed by atoms with van der Waals surface area (Å²) in [6, 6.07) is 15.7. The number of nitrogens with one attached hydrogen (secondary N) is 1. The zero-order chi connectivity index (χ0) is 16.9. The standard InChI is InChI=1S/C19H21N3O2/c1-21-11-14-7-16(23-2)10-17(8-14)24-12-13-3-4-15-5-6-19(20)22-18(15)9-13/h3-10,21H,11-12H2,1-2H3,(H2,20,22). The smallest absolute Gasteiger partial charge is 0.124 e. The highest BCUT2D eigenvalue weighted by molar-refractivity contribution is 5.80. The Hall–Kier alpha value is -2.79. The van der Waals surface area contributed by atoms with Crippen molar-refractivity contribution in [2.24, 2.45) is 0 Å². The van der Waals surface area contributed by atoms with Crippen LogP contribution in [0, 0.1) is 0 Å². The molecule has 0 spiro atoms. The fourth-order valence-electron chi connectivity index (χ4n) is 2.57. The van der Waals surface area contributed by atoms with E-state index in [1.807, 2.05) is 49.5 Å². The van der Waals surface area contributed by atoms with Crippen molar-refractivity contribution in [2.75, 3.05) is 19.9 Å². The number of hydrogen-bond donors (Lipinski definition) is 2. The molecular formula is C19H21N3O2. The van der Waals surface area contributed by atoms with Gasteiger partial charge in [-0.3, -0.25) is 0 Å². The zero-order valence-electron chi connectivity index (χ0n) is 13.9. The second-order valence-electron chi connectivity index (χ2n) is 5.60. The molecule has 0 radical (unpaired) electrons. The lowest BCUT2D eigenvalue weighted by Gasteiger charge is -2.11. The van der Waals surface area contributed by atoms with Crippen molar-refractivity contribution in [1.82, 2.24) is 10.3 Å². The number of rotatable bonds is 6. The molecule has 0 amide bonds. The van der Waals surface area contributed by atoms with Crippen molar-refractivity contribution in [3.63, 3.8) is 0 Å². The largest absolute Gasteiger partial charge is 0.497 e. The quantitative estimate of drug-likeness (QED) is 0.729. The van der Waals surface area contributed by atoms with Crippen LogP contribution in [0.1, 0.15) is 11.1 Å². The summed E-state index contributed by atoms with van der Waals surface area (Å²) in [5, 5.41) is 4.19. The molecule has 1 heterocycles. The van der Waals surface area contributed by atoms with E-state index in [4.69, 9.17) is 15.2 Å². The number of anilines is 1. The van der Waals surface area contributed by atoms with Gasteiger partial charge in [-0.05, 0) is 48.5 Å². The Morgan fingerprint density at radius 2 is 1.79 bits per heavy atom. The van der Waals surface area contributed by atoms with Crippen molar-refractivity contribution in [1.29, 1.82) is 0 Å². The van der Waals surface area contributed by atoms with Gasteiger partial charge in [0.1, 0.15) is 23.9 Å². The maximum atomic E-state index is 5.93. The molecule has 0 aliphatic carbocycles. The number of benzene rings is 2. The zero-order valence-corrected chi connectivity index (χ0v) is 13.9. The molecule has 5 heteroatoms. The molecule has 124 valence electrons. The average Bonchev–Trinajstić information content (AvgIpc) is 2.59. The Kier molecular flexibility index (Phi) is 4.82. The van der Waals surface area contributed by atoms with Crippen LogP contribution in [0.2, 0.25) is 0 Å². The first-order valence-corrected chi connectivity index (χ1v) is 7.78. The first-order valence-electron chi connectivity index (χ1n) is 7.78. The van der Waals surface area contributed by atoms with Gasteiger partial charge in [0.25, 0.3) is 0 Å². The molecule has 3 N–H and O–H groups in total. The van der Waals surface area contributed by atoms with E-state index in [-0.39, 0.29) is 0 Å². The van der Waals surface area contributed by atoms with E-state index in [1.54, 1.807) is 13.2 Å². The van der Waals surface area contributed by atoms with Crippen LogP contribution in [0.15, 0.2) is 48.5 Å². The average molecular weight is 323 g/mol. The van der Waals surface area contributed by atoms with Crippen LogP contribution in [-0.2, 0) is 13.2 Å². The lowest BCUT2D eigenvalue weighted by molar-refractivity contribution is 0.303. The molecule has 0 atom stereocenters. The SMILES string of the molecule is CNCc1cc(OC)cc(OCc2ccc3ccc(N)nc3c2)c1. The van der Waals surface area contributed by atoms with E-state index < -0.39 is 0 Å². The van der Waals surface area contributed by atoms with Gasteiger partial charge in [-0.1, -0.05) is 12.1 Å². The maximum absolute atomic E-state index is 5.93. The normalized spacial score (nSPS) is 10.8. The van der Waals surface area contributed by atoms with Crippen LogP contribution < -0.4 is 20.5 Å². The Bertz CT molecular complexity index is 849. The highest BCUT2D eigenvalue weighted by atomic mass is 16.5. The third-order valence-corrected chi connectivity index (χ3v) is 3.74. The number of aromatic nitrogens is 1. The third-order valence-electron chi connectivity index (χ3n) is 3.74. The van der Waals surface area contributed by atoms with E-state index in [0.29, 0.717) is 12.4 Å². The molecule has 3 aromatic rings. The summed E-state index contributed by atoms with van der Waals surface area (Å²) in [5.74, 6) is 2.08. The summed E-state index contributed by atoms with van der Waals surface area (Å²) in [6.45, 7) is 1.21. The van der Waals surface area contributed by atoms with Gasteiger partial charge in [0.05, 0.1) is 12.6 Å². The van der Waals surface area contributed by atoms with Gasteiger partial charge < -0.3 is 20.5 Å². The molecule has 1 aromatic heterocycles. The van der Waals surface area contributed by atoms with Crippen molar-refractivity contribution in [2.45, 2.75) is 13.2 Å². The summed E-state index contributed by atoms with van der Waals surface area (Å²) in [6.07, 6.45) is 0. The number of ether oxygens (including phenoxy) is 2. The van der Waals surface area contributed by atoms with Crippen molar-refractivity contribution in [3.8, 4) is 11.5 Å². The predicted molar refractivity (Wildman–Crippen MR) is 96.2 cm³/mol. The first kappa shape index (κ1) is 16.1. The van der Waals surface area contributed by atoms with E-state index in [0.717, 1.165) is 40.1 Å². The summed E-state index contributed by atoms with van der Waals surface area (Å²) in [7, 11) is 3.56. The third kappa shape index (κ3) is 3.75. The molecule has 5 nitrogen and oxygen atoms in total. The maximum Gasteiger partial charge on any atom is 0.124 e. The number of nitrogens with two attached hydrogens (primary N) is 1. The van der Waals surface area contributed by atoms with Crippen LogP contribution >= 0.6 is 0 Å². The Labute approximate surface area is 141 Å². The fourth-order valence-corrected chi connectivity index (χ4v) is 2.57. The first-order chi connectivity index (χ1) is 11.7. The van der Waals surface area contributed by atoms with E-state index in [9.17, 15) is 0 Å². The minimum absolute atomic E-state index is 0.457. The van der Waals surface area contributed by atoms with E-state index in [2.05, 4.69) is 10.3 Å². The Morgan fingerprint density at radius 1 is 1.00 bits per heavy atom. The second kappa shape index (κ2) is 7.19. The monoisotopic (exact) mass is 323 g/mol. The molecule has 0 unspecified atom stereocenters. The highest BCUT2D eigenvalue weighted by Gasteiger charge is 2.04. The van der Waals surface area contributed by atoms with Crippen LogP contribution in [0.5, 0.6) is 11.5 Å². The fraction of sp³-hybridized carbons (Fsp3) is 0.211. The van der Waals surface area contributed by atoms with Crippen molar-refractivity contribution in [3.05, 3.63) is 59.7 Å². The van der Waals surface area contributed by atoms with Gasteiger partial charge in [-0.2, -0.15) is 0 Å². The van der Waals surface area contributed by atoms with Crippen LogP contribution in [0.3, 0.4) is 0 Å². The van der Waals surface area contributed by atoms with E-state index >= 15 is 0 Å². The molecule has 24 heavy (non-hydrogen) atoms. The van der Waals surface area contributed by atoms with Gasteiger partial charge >= 0.3 is 0 Å². The van der Waals surface area contributed by atoms with Gasteiger partial charge in [-0.15, -0.1) is 0 Å². The summed E-state index contributed by atoms with van der Waals surface area (Å²) >= 11 is 0. The highest BCUT2D eigenvalue weighted by Crippen LogP contribution is 2.24. The molecule has 0 fully saturated rings. The summed E-state index contributed by atoms with van der Waals surface area (Å²) in [4.78, 5) is 4.35. The van der Waals surface area contributed by atoms with Crippen LogP contribution in [0.25, 0.3) is 10.9 Å². The number of fused-ring (bicyclic) bond motifs is 1. The molecule has 0 saturated carbocycles. The summed E-state index contributed by atoms with van der Waals surface area (Å²) < 4.78 is 11.3. The van der Waals surface area contributed by atoms with Crippen LogP contribution in [0.4, 0.5) is 5.82 Å². The van der Waals surface area contributed by atoms with Gasteiger partial charge in [0.15, 0.2) is 0 Å². The molecule has 3 rings (SSSR count). The molecule has 2 aromatic carbocycles. The van der Waals surface area contributed by atoms with Crippen LogP contribution in [-0.4, -0.2) is 19.1 Å². The van der Waals surface area contributed by atoms with Crippen molar-refractivity contribution >= 4 is 16.7 Å². The van der Waals surface area contributed by atoms with E-state index in [1.165, 1.54) is 0 Å². The Balaban J connectivity index is 1.78. The second-order valence-corrected chi connectivity index (χ2v) is 5.60. The Morgan fingerprint density at radius 3 is 2.58 bits per heavy atom.